The molecule has 0 radical (unpaired) electrons. The van der Waals surface area contributed by atoms with Crippen LogP contribution in [0.15, 0.2) is 109 Å². The second-order valence-corrected chi connectivity index (χ2v) is 11.2. The lowest BCUT2D eigenvalue weighted by atomic mass is 9.86. The van der Waals surface area contributed by atoms with E-state index in [0.717, 1.165) is 28.1 Å². The van der Waals surface area contributed by atoms with Gasteiger partial charge in [0, 0.05) is 24.9 Å². The van der Waals surface area contributed by atoms with E-state index >= 15 is 0 Å². The van der Waals surface area contributed by atoms with Crippen LogP contribution in [0.25, 0.3) is 11.1 Å². The van der Waals surface area contributed by atoms with Crippen LogP contribution in [0.5, 0.6) is 11.8 Å². The number of carbonyl (C=O) groups is 1. The minimum Gasteiger partial charge on any atom is -0.481 e. The summed E-state index contributed by atoms with van der Waals surface area (Å²) in [5.74, 6) is 0.0387. The second kappa shape index (κ2) is 12.6. The van der Waals surface area contributed by atoms with E-state index in [-0.39, 0.29) is 17.8 Å². The van der Waals surface area contributed by atoms with E-state index in [1.165, 1.54) is 5.56 Å². The zero-order chi connectivity index (χ0) is 29.5. The normalized spacial score (nSPS) is 12.0. The number of ether oxygens (including phenoxy) is 1. The van der Waals surface area contributed by atoms with Crippen molar-refractivity contribution in [1.82, 2.24) is 15.0 Å². The van der Waals surface area contributed by atoms with Gasteiger partial charge in [-0.3, -0.25) is 4.79 Å². The molecule has 2 aromatic heterocycles. The number of nitrogens with one attached hydrogen (secondary N) is 1. The number of benzene rings is 3. The minimum atomic E-state index is -0.905. The minimum absolute atomic E-state index is 0.0912. The molecule has 0 aliphatic heterocycles. The quantitative estimate of drug-likeness (QED) is 0.180. The van der Waals surface area contributed by atoms with Crippen molar-refractivity contribution in [2.45, 2.75) is 45.1 Å². The van der Waals surface area contributed by atoms with Gasteiger partial charge < -0.3 is 15.2 Å². The predicted octanol–water partition coefficient (Wildman–Crippen LogP) is 7.85. The highest BCUT2D eigenvalue weighted by Gasteiger charge is 2.21. The number of aromatic nitrogens is 3. The van der Waals surface area contributed by atoms with Crippen molar-refractivity contribution >= 4 is 11.8 Å². The first-order valence-corrected chi connectivity index (χ1v) is 13.9. The molecule has 0 saturated carbocycles. The Labute approximate surface area is 246 Å². The standard InChI is InChI=1S/C35H34N4O3/c1-35(2,3)28-15-13-26(14-16-28)25-9-11-27(12-10-25)30(22-33(40)41)31-19-21-37-34(39-31)42-29-17-7-24(8-18-29)23-38-32-6-4-5-20-36-32/h4-21,30H,22-23H2,1-3H3,(H,36,38)(H,40,41). The molecule has 0 amide bonds. The van der Waals surface area contributed by atoms with E-state index in [9.17, 15) is 9.90 Å². The smallest absolute Gasteiger partial charge is 0.322 e. The molecule has 0 bridgehead atoms. The van der Waals surface area contributed by atoms with Gasteiger partial charge in [-0.05, 0) is 63.6 Å². The third-order valence-corrected chi connectivity index (χ3v) is 7.06. The predicted molar refractivity (Wildman–Crippen MR) is 165 cm³/mol. The molecule has 1 unspecified atom stereocenters. The second-order valence-electron chi connectivity index (χ2n) is 11.2. The lowest BCUT2D eigenvalue weighted by Crippen LogP contribution is -2.10. The molecule has 42 heavy (non-hydrogen) atoms. The Morgan fingerprint density at radius 1 is 0.833 bits per heavy atom. The highest BCUT2D eigenvalue weighted by molar-refractivity contribution is 5.69. The van der Waals surface area contributed by atoms with Crippen LogP contribution in [-0.4, -0.2) is 26.0 Å². The highest BCUT2D eigenvalue weighted by Crippen LogP contribution is 2.31. The maximum Gasteiger partial charge on any atom is 0.322 e. The first-order chi connectivity index (χ1) is 20.2. The van der Waals surface area contributed by atoms with Crippen LogP contribution in [0.3, 0.4) is 0 Å². The number of nitrogens with zero attached hydrogens (tertiary/aromatic N) is 3. The van der Waals surface area contributed by atoms with E-state index in [4.69, 9.17) is 4.74 Å². The van der Waals surface area contributed by atoms with Gasteiger partial charge in [0.2, 0.25) is 0 Å². The van der Waals surface area contributed by atoms with Crippen LogP contribution < -0.4 is 10.1 Å². The number of anilines is 1. The summed E-state index contributed by atoms with van der Waals surface area (Å²) in [7, 11) is 0. The number of rotatable bonds is 10. The fourth-order valence-corrected chi connectivity index (χ4v) is 4.68. The summed E-state index contributed by atoms with van der Waals surface area (Å²) in [6.07, 6.45) is 3.24. The van der Waals surface area contributed by atoms with Crippen LogP contribution in [0.1, 0.15) is 55.5 Å². The summed E-state index contributed by atoms with van der Waals surface area (Å²) in [5.41, 5.74) is 6.06. The zero-order valence-corrected chi connectivity index (χ0v) is 24.0. The number of hydrogen-bond donors (Lipinski definition) is 2. The van der Waals surface area contributed by atoms with Crippen LogP contribution >= 0.6 is 0 Å². The van der Waals surface area contributed by atoms with E-state index in [2.05, 4.69) is 65.3 Å². The molecule has 5 aromatic rings. The molecule has 0 saturated heterocycles. The van der Waals surface area contributed by atoms with Crippen molar-refractivity contribution in [2.24, 2.45) is 0 Å². The van der Waals surface area contributed by atoms with Crippen molar-refractivity contribution in [1.29, 1.82) is 0 Å². The van der Waals surface area contributed by atoms with Crippen molar-refractivity contribution in [3.05, 3.63) is 132 Å². The van der Waals surface area contributed by atoms with Gasteiger partial charge in [0.05, 0.1) is 12.1 Å². The summed E-state index contributed by atoms with van der Waals surface area (Å²) in [6, 6.07) is 31.8. The molecule has 2 heterocycles. The Morgan fingerprint density at radius 2 is 1.52 bits per heavy atom. The maximum absolute atomic E-state index is 11.8. The average molecular weight is 559 g/mol. The topological polar surface area (TPSA) is 97.2 Å². The van der Waals surface area contributed by atoms with Gasteiger partial charge in [0.25, 0.3) is 0 Å². The Kier molecular flexibility index (Phi) is 8.58. The summed E-state index contributed by atoms with van der Waals surface area (Å²) < 4.78 is 5.94. The summed E-state index contributed by atoms with van der Waals surface area (Å²) in [6.45, 7) is 7.22. The molecule has 1 atom stereocenters. The first-order valence-electron chi connectivity index (χ1n) is 13.9. The lowest BCUT2D eigenvalue weighted by Gasteiger charge is -2.19. The van der Waals surface area contributed by atoms with E-state index in [1.54, 1.807) is 18.5 Å². The van der Waals surface area contributed by atoms with E-state index in [0.29, 0.717) is 18.0 Å². The Bertz CT molecular complexity index is 1610. The largest absolute Gasteiger partial charge is 0.481 e. The Hall–Kier alpha value is -5.04. The molecule has 0 aliphatic rings. The number of pyridine rings is 1. The van der Waals surface area contributed by atoms with Gasteiger partial charge in [0.1, 0.15) is 11.6 Å². The molecule has 7 heteroatoms. The van der Waals surface area contributed by atoms with Gasteiger partial charge >= 0.3 is 12.0 Å². The number of carboxylic acid groups (broad SMARTS) is 1. The van der Waals surface area contributed by atoms with Crippen LogP contribution in [0, 0.1) is 0 Å². The van der Waals surface area contributed by atoms with Gasteiger partial charge in [-0.15, -0.1) is 0 Å². The summed E-state index contributed by atoms with van der Waals surface area (Å²) >= 11 is 0. The van der Waals surface area contributed by atoms with Crippen molar-refractivity contribution in [3.8, 4) is 22.9 Å². The molecule has 5 rings (SSSR count). The first kappa shape index (κ1) is 28.5. The maximum atomic E-state index is 11.8. The molecule has 3 aromatic carbocycles. The van der Waals surface area contributed by atoms with Crippen LogP contribution in [0.4, 0.5) is 5.82 Å². The zero-order valence-electron chi connectivity index (χ0n) is 24.0. The van der Waals surface area contributed by atoms with Crippen molar-refractivity contribution in [3.63, 3.8) is 0 Å². The third kappa shape index (κ3) is 7.37. The van der Waals surface area contributed by atoms with Crippen LogP contribution in [0.2, 0.25) is 0 Å². The molecule has 0 aliphatic carbocycles. The van der Waals surface area contributed by atoms with E-state index in [1.807, 2.05) is 66.7 Å². The van der Waals surface area contributed by atoms with Crippen LogP contribution in [-0.2, 0) is 16.8 Å². The lowest BCUT2D eigenvalue weighted by molar-refractivity contribution is -0.137. The van der Waals surface area contributed by atoms with Gasteiger partial charge in [-0.25, -0.2) is 9.97 Å². The number of aliphatic carboxylic acids is 1. The van der Waals surface area contributed by atoms with Gasteiger partial charge in [-0.2, -0.15) is 4.98 Å². The third-order valence-electron chi connectivity index (χ3n) is 7.06. The SMILES string of the molecule is CC(C)(C)c1ccc(-c2ccc(C(CC(=O)O)c3ccnc(Oc4ccc(CNc5ccccn5)cc4)n3)cc2)cc1. The monoisotopic (exact) mass is 558 g/mol. The average Bonchev–Trinajstić information content (AvgIpc) is 3.00. The fourth-order valence-electron chi connectivity index (χ4n) is 4.68. The molecule has 2 N–H and O–H groups in total. The Balaban J connectivity index is 1.29. The fraction of sp³-hybridized carbons (Fsp3) is 0.200. The molecule has 0 fully saturated rings. The highest BCUT2D eigenvalue weighted by atomic mass is 16.5. The molecular weight excluding hydrogens is 524 g/mol. The van der Waals surface area contributed by atoms with Gasteiger partial charge in [0.15, 0.2) is 0 Å². The molecule has 7 nitrogen and oxygen atoms in total. The molecule has 212 valence electrons. The summed E-state index contributed by atoms with van der Waals surface area (Å²) in [4.78, 5) is 25.0. The number of carboxylic acids is 1. The number of hydrogen-bond acceptors (Lipinski definition) is 6. The van der Waals surface area contributed by atoms with Crippen molar-refractivity contribution < 1.29 is 14.6 Å². The summed E-state index contributed by atoms with van der Waals surface area (Å²) in [5, 5.41) is 13.0. The molecular formula is C35H34N4O3. The molecule has 0 spiro atoms. The Morgan fingerprint density at radius 3 is 2.14 bits per heavy atom. The van der Waals surface area contributed by atoms with E-state index < -0.39 is 11.9 Å². The van der Waals surface area contributed by atoms with Gasteiger partial charge in [-0.1, -0.05) is 87.5 Å². The van der Waals surface area contributed by atoms with Crippen molar-refractivity contribution in [2.75, 3.05) is 5.32 Å².